The quantitative estimate of drug-likeness (QED) is 0.687. The van der Waals surface area contributed by atoms with Crippen LogP contribution in [0.25, 0.3) is 0 Å². The summed E-state index contributed by atoms with van der Waals surface area (Å²) >= 11 is 0. The fourth-order valence-corrected chi connectivity index (χ4v) is 4.56. The standard InChI is InChI=1S/C25H30N2O4/c28-24(25(8-9-25)21-4-2-1-3-5-21)27(11-10-26-12-14-29-15-13-26)19-20-6-7-22-23(18-20)31-17-16-30-22/h1-7,18H,8-17,19H2. The molecule has 0 N–H and O–H groups in total. The zero-order valence-electron chi connectivity index (χ0n) is 17.9. The summed E-state index contributed by atoms with van der Waals surface area (Å²) in [6.45, 7) is 6.68. The summed E-state index contributed by atoms with van der Waals surface area (Å²) < 4.78 is 16.9. The molecule has 31 heavy (non-hydrogen) atoms. The normalized spacial score (nSPS) is 19.6. The molecule has 1 amide bonds. The third-order valence-corrected chi connectivity index (χ3v) is 6.54. The van der Waals surface area contributed by atoms with E-state index in [1.54, 1.807) is 0 Å². The number of morpholine rings is 1. The van der Waals surface area contributed by atoms with E-state index >= 15 is 0 Å². The van der Waals surface area contributed by atoms with Crippen molar-refractivity contribution in [1.82, 2.24) is 9.80 Å². The molecule has 2 aromatic carbocycles. The van der Waals surface area contributed by atoms with Gasteiger partial charge < -0.3 is 19.1 Å². The molecule has 3 aliphatic rings. The molecule has 2 aromatic rings. The molecular formula is C25H30N2O4. The van der Waals surface area contributed by atoms with Crippen molar-refractivity contribution < 1.29 is 19.0 Å². The van der Waals surface area contributed by atoms with Gasteiger partial charge in [0.1, 0.15) is 13.2 Å². The first-order valence-electron chi connectivity index (χ1n) is 11.3. The van der Waals surface area contributed by atoms with E-state index in [4.69, 9.17) is 14.2 Å². The van der Waals surface area contributed by atoms with Crippen LogP contribution < -0.4 is 9.47 Å². The number of nitrogens with zero attached hydrogens (tertiary/aromatic N) is 2. The lowest BCUT2D eigenvalue weighted by Gasteiger charge is -2.32. The second-order valence-electron chi connectivity index (χ2n) is 8.61. The number of hydrogen-bond donors (Lipinski definition) is 0. The second kappa shape index (κ2) is 8.89. The van der Waals surface area contributed by atoms with Crippen LogP contribution >= 0.6 is 0 Å². The van der Waals surface area contributed by atoms with Crippen LogP contribution in [-0.4, -0.2) is 68.3 Å². The van der Waals surface area contributed by atoms with Crippen molar-refractivity contribution >= 4 is 5.91 Å². The van der Waals surface area contributed by atoms with Crippen LogP contribution in [0.1, 0.15) is 24.0 Å². The zero-order valence-corrected chi connectivity index (χ0v) is 17.9. The van der Waals surface area contributed by atoms with Crippen molar-refractivity contribution in [3.63, 3.8) is 0 Å². The van der Waals surface area contributed by atoms with E-state index in [9.17, 15) is 4.79 Å². The van der Waals surface area contributed by atoms with Crippen LogP contribution in [0.4, 0.5) is 0 Å². The number of fused-ring (bicyclic) bond motifs is 1. The number of rotatable bonds is 7. The van der Waals surface area contributed by atoms with Gasteiger partial charge >= 0.3 is 0 Å². The Balaban J connectivity index is 1.36. The monoisotopic (exact) mass is 422 g/mol. The van der Waals surface area contributed by atoms with Crippen molar-refractivity contribution in [2.45, 2.75) is 24.8 Å². The first-order chi connectivity index (χ1) is 15.2. The lowest BCUT2D eigenvalue weighted by molar-refractivity contribution is -0.135. The van der Waals surface area contributed by atoms with Gasteiger partial charge in [-0.25, -0.2) is 0 Å². The van der Waals surface area contributed by atoms with Gasteiger partial charge in [-0.15, -0.1) is 0 Å². The number of benzene rings is 2. The van der Waals surface area contributed by atoms with Gasteiger partial charge in [-0.1, -0.05) is 36.4 Å². The molecule has 164 valence electrons. The minimum absolute atomic E-state index is 0.238. The fraction of sp³-hybridized carbons (Fsp3) is 0.480. The van der Waals surface area contributed by atoms with Crippen molar-refractivity contribution in [2.75, 3.05) is 52.6 Å². The summed E-state index contributed by atoms with van der Waals surface area (Å²) in [6, 6.07) is 16.3. The second-order valence-corrected chi connectivity index (χ2v) is 8.61. The third kappa shape index (κ3) is 4.41. The number of carbonyl (C=O) groups is 1. The molecule has 1 saturated carbocycles. The lowest BCUT2D eigenvalue weighted by Crippen LogP contribution is -2.45. The molecular weight excluding hydrogens is 392 g/mol. The van der Waals surface area contributed by atoms with Crippen LogP contribution in [0.5, 0.6) is 11.5 Å². The predicted octanol–water partition coefficient (Wildman–Crippen LogP) is 2.85. The van der Waals surface area contributed by atoms with E-state index in [2.05, 4.69) is 17.0 Å². The van der Waals surface area contributed by atoms with Gasteiger partial charge in [0, 0.05) is 32.7 Å². The molecule has 6 heteroatoms. The van der Waals surface area contributed by atoms with E-state index in [1.807, 2.05) is 41.3 Å². The van der Waals surface area contributed by atoms with Gasteiger partial charge in [-0.05, 0) is 36.1 Å². The van der Waals surface area contributed by atoms with Gasteiger partial charge in [-0.2, -0.15) is 0 Å². The lowest BCUT2D eigenvalue weighted by atomic mass is 9.94. The number of ether oxygens (including phenoxy) is 3. The number of amides is 1. The van der Waals surface area contributed by atoms with Crippen molar-refractivity contribution in [3.05, 3.63) is 59.7 Å². The van der Waals surface area contributed by atoms with Crippen molar-refractivity contribution in [3.8, 4) is 11.5 Å². The third-order valence-electron chi connectivity index (χ3n) is 6.54. The Labute approximate surface area is 183 Å². The molecule has 1 saturated heterocycles. The van der Waals surface area contributed by atoms with Crippen molar-refractivity contribution in [2.24, 2.45) is 0 Å². The summed E-state index contributed by atoms with van der Waals surface area (Å²) in [5, 5.41) is 0. The van der Waals surface area contributed by atoms with E-state index in [0.717, 1.165) is 68.3 Å². The summed E-state index contributed by atoms with van der Waals surface area (Å²) in [7, 11) is 0. The van der Waals surface area contributed by atoms with Gasteiger partial charge in [0.05, 0.1) is 18.6 Å². The molecule has 5 rings (SSSR count). The Morgan fingerprint density at radius 1 is 0.935 bits per heavy atom. The highest BCUT2D eigenvalue weighted by Gasteiger charge is 2.52. The minimum atomic E-state index is -0.361. The summed E-state index contributed by atoms with van der Waals surface area (Å²) in [6.07, 6.45) is 1.84. The van der Waals surface area contributed by atoms with Crippen LogP contribution in [0.15, 0.2) is 48.5 Å². The molecule has 0 radical (unpaired) electrons. The highest BCUT2D eigenvalue weighted by Crippen LogP contribution is 2.49. The van der Waals surface area contributed by atoms with Crippen LogP contribution in [0.2, 0.25) is 0 Å². The van der Waals surface area contributed by atoms with E-state index in [0.29, 0.717) is 26.3 Å². The van der Waals surface area contributed by atoms with E-state index in [1.165, 1.54) is 0 Å². The highest BCUT2D eigenvalue weighted by molar-refractivity contribution is 5.91. The summed E-state index contributed by atoms with van der Waals surface area (Å²) in [5.41, 5.74) is 1.85. The molecule has 2 heterocycles. The Morgan fingerprint density at radius 2 is 1.68 bits per heavy atom. The topological polar surface area (TPSA) is 51.2 Å². The molecule has 0 atom stereocenters. The zero-order chi connectivity index (χ0) is 21.1. The predicted molar refractivity (Wildman–Crippen MR) is 117 cm³/mol. The largest absolute Gasteiger partial charge is 0.486 e. The minimum Gasteiger partial charge on any atom is -0.486 e. The van der Waals surface area contributed by atoms with Gasteiger partial charge in [0.2, 0.25) is 5.91 Å². The molecule has 0 spiro atoms. The molecule has 1 aliphatic carbocycles. The average Bonchev–Trinajstić information content (AvgIpc) is 3.65. The average molecular weight is 423 g/mol. The van der Waals surface area contributed by atoms with E-state index < -0.39 is 0 Å². The maximum atomic E-state index is 13.8. The molecule has 6 nitrogen and oxygen atoms in total. The van der Waals surface area contributed by atoms with Crippen LogP contribution in [-0.2, 0) is 21.5 Å². The first-order valence-corrected chi connectivity index (χ1v) is 11.3. The van der Waals surface area contributed by atoms with Crippen LogP contribution in [0, 0.1) is 0 Å². The Kier molecular flexibility index (Phi) is 5.83. The molecule has 0 aromatic heterocycles. The summed E-state index contributed by atoms with van der Waals surface area (Å²) in [4.78, 5) is 18.2. The molecule has 2 aliphatic heterocycles. The SMILES string of the molecule is O=C(N(CCN1CCOCC1)Cc1ccc2c(c1)OCCO2)C1(c2ccccc2)CC1. The highest BCUT2D eigenvalue weighted by atomic mass is 16.6. The Morgan fingerprint density at radius 3 is 2.42 bits per heavy atom. The molecule has 0 bridgehead atoms. The maximum Gasteiger partial charge on any atom is 0.233 e. The smallest absolute Gasteiger partial charge is 0.233 e. The van der Waals surface area contributed by atoms with Gasteiger partial charge in [0.25, 0.3) is 0 Å². The van der Waals surface area contributed by atoms with Crippen LogP contribution in [0.3, 0.4) is 0 Å². The van der Waals surface area contributed by atoms with Gasteiger partial charge in [-0.3, -0.25) is 9.69 Å². The van der Waals surface area contributed by atoms with Crippen molar-refractivity contribution in [1.29, 1.82) is 0 Å². The Bertz CT molecular complexity index is 907. The number of hydrogen-bond acceptors (Lipinski definition) is 5. The fourth-order valence-electron chi connectivity index (χ4n) is 4.56. The first kappa shape index (κ1) is 20.3. The van der Waals surface area contributed by atoms with E-state index in [-0.39, 0.29) is 11.3 Å². The molecule has 0 unspecified atom stereocenters. The number of carbonyl (C=O) groups excluding carboxylic acids is 1. The van der Waals surface area contributed by atoms with Gasteiger partial charge in [0.15, 0.2) is 11.5 Å². The summed E-state index contributed by atoms with van der Waals surface area (Å²) in [5.74, 6) is 1.79. The Hall–Kier alpha value is -2.57. The molecule has 2 fully saturated rings. The maximum absolute atomic E-state index is 13.8.